The van der Waals surface area contributed by atoms with E-state index in [1.54, 1.807) is 19.1 Å². The molecule has 0 radical (unpaired) electrons. The number of rotatable bonds is 6. The van der Waals surface area contributed by atoms with Crippen molar-refractivity contribution in [3.8, 4) is 0 Å². The maximum atomic E-state index is 12.7. The largest absolute Gasteiger partial charge is 0.324 e. The molecule has 2 rings (SSSR count). The van der Waals surface area contributed by atoms with Crippen molar-refractivity contribution in [3.05, 3.63) is 63.2 Å². The van der Waals surface area contributed by atoms with Crippen LogP contribution in [0.3, 0.4) is 0 Å². The Morgan fingerprint density at radius 2 is 1.93 bits per heavy atom. The molecule has 0 aliphatic carbocycles. The number of non-ortho nitro benzene ring substituents is 1. The number of aryl methyl sites for hydroxylation is 1. The van der Waals surface area contributed by atoms with Crippen LogP contribution in [0.15, 0.2) is 42.5 Å². The van der Waals surface area contributed by atoms with Crippen molar-refractivity contribution in [1.29, 1.82) is 0 Å². The molecule has 0 aliphatic rings. The normalized spacial score (nSPS) is 12.3. The summed E-state index contributed by atoms with van der Waals surface area (Å²) in [4.78, 5) is 23.0. The van der Waals surface area contributed by atoms with E-state index in [1.165, 1.54) is 37.3 Å². The SMILES string of the molecule is Cc1ccc([N+](=O)[O-])cc1NC(=O)[C@H](C)N(c1cccc(Cl)c1)S(C)(=O)=O. The predicted octanol–water partition coefficient (Wildman–Crippen LogP) is 3.35. The minimum atomic E-state index is -3.80. The summed E-state index contributed by atoms with van der Waals surface area (Å²) < 4.78 is 25.5. The van der Waals surface area contributed by atoms with Crippen LogP contribution in [0, 0.1) is 17.0 Å². The molecular formula is C17H18ClN3O5S. The Balaban J connectivity index is 2.36. The van der Waals surface area contributed by atoms with Gasteiger partial charge in [-0.2, -0.15) is 0 Å². The first-order valence-corrected chi connectivity index (χ1v) is 10.0. The van der Waals surface area contributed by atoms with Crippen LogP contribution in [0.5, 0.6) is 0 Å². The lowest BCUT2D eigenvalue weighted by Gasteiger charge is -2.28. The van der Waals surface area contributed by atoms with Crippen molar-refractivity contribution in [3.63, 3.8) is 0 Å². The molecule has 8 nitrogen and oxygen atoms in total. The van der Waals surface area contributed by atoms with E-state index in [-0.39, 0.29) is 17.1 Å². The zero-order valence-electron chi connectivity index (χ0n) is 14.8. The molecule has 1 N–H and O–H groups in total. The van der Waals surface area contributed by atoms with E-state index in [2.05, 4.69) is 5.32 Å². The van der Waals surface area contributed by atoms with Gasteiger partial charge in [0, 0.05) is 17.2 Å². The average Bonchev–Trinajstić information content (AvgIpc) is 2.55. The Morgan fingerprint density at radius 3 is 2.48 bits per heavy atom. The highest BCUT2D eigenvalue weighted by Gasteiger charge is 2.29. The molecular weight excluding hydrogens is 394 g/mol. The van der Waals surface area contributed by atoms with E-state index in [0.717, 1.165) is 10.6 Å². The molecule has 0 bridgehead atoms. The highest BCUT2D eigenvalue weighted by Crippen LogP contribution is 2.26. The first kappa shape index (κ1) is 20.7. The standard InChI is InChI=1S/C17H18ClN3O5S/c1-11-7-8-15(21(23)24)10-16(11)19-17(22)12(2)20(27(3,25)26)14-6-4-5-13(18)9-14/h4-10,12H,1-3H3,(H,19,22)/t12-/m0/s1. The fraction of sp³-hybridized carbons (Fsp3) is 0.235. The van der Waals surface area contributed by atoms with Gasteiger partial charge in [0.1, 0.15) is 6.04 Å². The number of hydrogen-bond acceptors (Lipinski definition) is 5. The number of benzene rings is 2. The van der Waals surface area contributed by atoms with Crippen LogP contribution in [-0.2, 0) is 14.8 Å². The first-order chi connectivity index (χ1) is 12.5. The first-order valence-electron chi connectivity index (χ1n) is 7.81. The quantitative estimate of drug-likeness (QED) is 0.579. The number of anilines is 2. The number of nitro groups is 1. The van der Waals surface area contributed by atoms with Gasteiger partial charge in [-0.05, 0) is 37.6 Å². The van der Waals surface area contributed by atoms with E-state index >= 15 is 0 Å². The molecule has 0 saturated carbocycles. The highest BCUT2D eigenvalue weighted by molar-refractivity contribution is 7.92. The topological polar surface area (TPSA) is 110 Å². The molecule has 0 saturated heterocycles. The number of nitrogens with zero attached hydrogens (tertiary/aromatic N) is 2. The smallest absolute Gasteiger partial charge is 0.271 e. The number of carbonyl (C=O) groups is 1. The van der Waals surface area contributed by atoms with E-state index in [0.29, 0.717) is 10.6 Å². The van der Waals surface area contributed by atoms with Crippen LogP contribution in [0.4, 0.5) is 17.1 Å². The Kier molecular flexibility index (Phi) is 6.07. The number of carbonyl (C=O) groups excluding carboxylic acids is 1. The number of hydrogen-bond donors (Lipinski definition) is 1. The number of halogens is 1. The monoisotopic (exact) mass is 411 g/mol. The van der Waals surface area contributed by atoms with Gasteiger partial charge in [-0.15, -0.1) is 0 Å². The van der Waals surface area contributed by atoms with Crippen LogP contribution in [0.25, 0.3) is 0 Å². The minimum absolute atomic E-state index is 0.182. The van der Waals surface area contributed by atoms with E-state index in [1.807, 2.05) is 0 Å². The molecule has 27 heavy (non-hydrogen) atoms. The number of nitro benzene ring substituents is 1. The van der Waals surface area contributed by atoms with E-state index < -0.39 is 26.9 Å². The molecule has 10 heteroatoms. The summed E-state index contributed by atoms with van der Waals surface area (Å²) in [6.07, 6.45) is 0.982. The maximum Gasteiger partial charge on any atom is 0.271 e. The van der Waals surface area contributed by atoms with Gasteiger partial charge < -0.3 is 5.32 Å². The van der Waals surface area contributed by atoms with Gasteiger partial charge in [0.15, 0.2) is 0 Å². The summed E-state index contributed by atoms with van der Waals surface area (Å²) in [6.45, 7) is 3.10. The molecule has 1 atom stereocenters. The second-order valence-corrected chi connectivity index (χ2v) is 8.26. The molecule has 0 aromatic heterocycles. The molecule has 144 valence electrons. The predicted molar refractivity (Wildman–Crippen MR) is 105 cm³/mol. The summed E-state index contributed by atoms with van der Waals surface area (Å²) in [5, 5.41) is 13.8. The summed E-state index contributed by atoms with van der Waals surface area (Å²) in [5.41, 5.74) is 0.900. The van der Waals surface area contributed by atoms with Crippen molar-refractivity contribution < 1.29 is 18.1 Å². The van der Waals surface area contributed by atoms with Gasteiger partial charge in [0.2, 0.25) is 15.9 Å². The number of nitrogens with one attached hydrogen (secondary N) is 1. The van der Waals surface area contributed by atoms with Crippen LogP contribution < -0.4 is 9.62 Å². The third-order valence-electron chi connectivity index (χ3n) is 3.84. The van der Waals surface area contributed by atoms with Gasteiger partial charge in [-0.1, -0.05) is 23.7 Å². The lowest BCUT2D eigenvalue weighted by Crippen LogP contribution is -2.45. The van der Waals surface area contributed by atoms with Crippen molar-refractivity contribution in [2.75, 3.05) is 15.9 Å². The molecule has 2 aromatic carbocycles. The molecule has 0 unspecified atom stereocenters. The fourth-order valence-corrected chi connectivity index (χ4v) is 3.87. The second-order valence-electron chi connectivity index (χ2n) is 5.96. The van der Waals surface area contributed by atoms with Crippen LogP contribution in [-0.4, -0.2) is 31.5 Å². The number of sulfonamides is 1. The van der Waals surface area contributed by atoms with Gasteiger partial charge in [0.05, 0.1) is 22.6 Å². The second kappa shape index (κ2) is 7.93. The molecule has 0 fully saturated rings. The summed E-state index contributed by atoms with van der Waals surface area (Å²) in [7, 11) is -3.80. The van der Waals surface area contributed by atoms with Crippen molar-refractivity contribution in [2.45, 2.75) is 19.9 Å². The number of amides is 1. The lowest BCUT2D eigenvalue weighted by atomic mass is 10.1. The Labute approximate surface area is 162 Å². The summed E-state index contributed by atoms with van der Waals surface area (Å²) in [5.74, 6) is -0.635. The Bertz CT molecular complexity index is 994. The minimum Gasteiger partial charge on any atom is -0.324 e. The Hall–Kier alpha value is -2.65. The van der Waals surface area contributed by atoms with Gasteiger partial charge in [0.25, 0.3) is 5.69 Å². The molecule has 1 amide bonds. The third-order valence-corrected chi connectivity index (χ3v) is 5.32. The van der Waals surface area contributed by atoms with Crippen molar-refractivity contribution in [2.24, 2.45) is 0 Å². The highest BCUT2D eigenvalue weighted by atomic mass is 35.5. The van der Waals surface area contributed by atoms with E-state index in [4.69, 9.17) is 11.6 Å². The van der Waals surface area contributed by atoms with E-state index in [9.17, 15) is 23.3 Å². The molecule has 2 aromatic rings. The van der Waals surface area contributed by atoms with Gasteiger partial charge >= 0.3 is 0 Å². The zero-order valence-corrected chi connectivity index (χ0v) is 16.4. The average molecular weight is 412 g/mol. The summed E-state index contributed by atoms with van der Waals surface area (Å²) in [6, 6.07) is 9.06. The Morgan fingerprint density at radius 1 is 1.26 bits per heavy atom. The van der Waals surface area contributed by atoms with Crippen LogP contribution >= 0.6 is 11.6 Å². The maximum absolute atomic E-state index is 12.7. The van der Waals surface area contributed by atoms with Gasteiger partial charge in [-0.3, -0.25) is 19.2 Å². The molecule has 0 aliphatic heterocycles. The van der Waals surface area contributed by atoms with Crippen molar-refractivity contribution in [1.82, 2.24) is 0 Å². The molecule has 0 spiro atoms. The van der Waals surface area contributed by atoms with Crippen LogP contribution in [0.1, 0.15) is 12.5 Å². The van der Waals surface area contributed by atoms with Gasteiger partial charge in [-0.25, -0.2) is 8.42 Å². The third kappa shape index (κ3) is 4.95. The zero-order chi connectivity index (χ0) is 20.4. The fourth-order valence-electron chi connectivity index (χ4n) is 2.52. The molecule has 0 heterocycles. The van der Waals surface area contributed by atoms with Crippen LogP contribution in [0.2, 0.25) is 5.02 Å². The lowest BCUT2D eigenvalue weighted by molar-refractivity contribution is -0.384. The summed E-state index contributed by atoms with van der Waals surface area (Å²) >= 11 is 5.94. The van der Waals surface area contributed by atoms with Crippen molar-refractivity contribution >= 4 is 44.6 Å².